The third-order valence-electron chi connectivity index (χ3n) is 6.52. The Balaban J connectivity index is 1.53. The zero-order chi connectivity index (χ0) is 27.9. The van der Waals surface area contributed by atoms with Gasteiger partial charge in [0.2, 0.25) is 11.8 Å². The number of anilines is 1. The van der Waals surface area contributed by atoms with Crippen molar-refractivity contribution in [2.75, 3.05) is 18.5 Å². The molecule has 3 aromatic rings. The van der Waals surface area contributed by atoms with Gasteiger partial charge < -0.3 is 25.6 Å². The van der Waals surface area contributed by atoms with Crippen LogP contribution in [0.3, 0.4) is 0 Å². The average molecular weight is 547 g/mol. The Kier molecular flexibility index (Phi) is 6.68. The average Bonchev–Trinajstić information content (AvgIpc) is 3.20. The van der Waals surface area contributed by atoms with Gasteiger partial charge in [0.1, 0.15) is 30.0 Å². The minimum Gasteiger partial charge on any atom is -0.493 e. The highest BCUT2D eigenvalue weighted by atomic mass is 19.4. The summed E-state index contributed by atoms with van der Waals surface area (Å²) in [5.41, 5.74) is 6.54. The number of aryl methyl sites for hydroxylation is 1. The van der Waals surface area contributed by atoms with E-state index in [2.05, 4.69) is 20.7 Å². The van der Waals surface area contributed by atoms with Gasteiger partial charge in [-0.3, -0.25) is 14.9 Å². The number of rotatable bonds is 6. The number of ether oxygens (including phenoxy) is 2. The lowest BCUT2D eigenvalue weighted by molar-refractivity contribution is -0.153. The van der Waals surface area contributed by atoms with Crippen LogP contribution < -0.4 is 25.8 Å². The number of amides is 2. The molecule has 0 saturated heterocycles. The monoisotopic (exact) mass is 546 g/mol. The predicted molar refractivity (Wildman–Crippen MR) is 130 cm³/mol. The first kappa shape index (κ1) is 26.4. The zero-order valence-corrected chi connectivity index (χ0v) is 20.7. The number of alkyl halides is 3. The Morgan fingerprint density at radius 1 is 1.33 bits per heavy atom. The molecule has 2 aliphatic heterocycles. The third-order valence-corrected chi connectivity index (χ3v) is 6.52. The molecule has 2 amide bonds. The molecule has 2 aromatic heterocycles. The summed E-state index contributed by atoms with van der Waals surface area (Å²) in [6, 6.07) is 7.89. The molecule has 5 N–H and O–H groups in total. The Bertz CT molecular complexity index is 1420. The second-order valence-corrected chi connectivity index (χ2v) is 9.47. The smallest absolute Gasteiger partial charge is 0.422 e. The molecule has 0 bridgehead atoms. The quantitative estimate of drug-likeness (QED) is 0.343. The third kappa shape index (κ3) is 5.38. The number of aliphatic hydroxyl groups is 1. The van der Waals surface area contributed by atoms with Gasteiger partial charge in [0.15, 0.2) is 12.4 Å². The maximum atomic E-state index is 12.6. The molecule has 39 heavy (non-hydrogen) atoms. The van der Waals surface area contributed by atoms with Crippen LogP contribution in [0.5, 0.6) is 11.5 Å². The number of aromatic nitrogens is 3. The maximum absolute atomic E-state index is 12.6. The number of primary amides is 1. The molecule has 1 aromatic carbocycles. The highest BCUT2D eigenvalue weighted by molar-refractivity contribution is 6.03. The van der Waals surface area contributed by atoms with Gasteiger partial charge in [0.25, 0.3) is 0 Å². The van der Waals surface area contributed by atoms with Crippen molar-refractivity contribution in [3.8, 4) is 17.3 Å². The van der Waals surface area contributed by atoms with Crippen LogP contribution in [-0.4, -0.2) is 51.1 Å². The predicted octanol–water partition coefficient (Wildman–Crippen LogP) is 2.15. The summed E-state index contributed by atoms with van der Waals surface area (Å²) in [5.74, 6) is -0.701. The van der Waals surface area contributed by atoms with Crippen LogP contribution in [0.15, 0.2) is 36.5 Å². The molecule has 1 spiro atoms. The van der Waals surface area contributed by atoms with Crippen LogP contribution >= 0.6 is 0 Å². The number of halogens is 3. The first-order chi connectivity index (χ1) is 18.4. The summed E-state index contributed by atoms with van der Waals surface area (Å²) in [6.45, 7) is 0.638. The van der Waals surface area contributed by atoms with Crippen LogP contribution in [0.1, 0.15) is 41.5 Å². The molecule has 0 fully saturated rings. The zero-order valence-electron chi connectivity index (χ0n) is 20.7. The number of benzene rings is 1. The molecule has 4 heterocycles. The van der Waals surface area contributed by atoms with E-state index in [9.17, 15) is 27.9 Å². The van der Waals surface area contributed by atoms with Gasteiger partial charge >= 0.3 is 6.18 Å². The number of hydrogen-bond acceptors (Lipinski definition) is 8. The summed E-state index contributed by atoms with van der Waals surface area (Å²) < 4.78 is 49.8. The van der Waals surface area contributed by atoms with Crippen molar-refractivity contribution in [2.45, 2.75) is 44.1 Å². The number of carbonyl (C=O) groups is 2. The van der Waals surface area contributed by atoms with Gasteiger partial charge in [0, 0.05) is 30.7 Å². The van der Waals surface area contributed by atoms with Crippen LogP contribution in [-0.2, 0) is 21.5 Å². The minimum atomic E-state index is -4.49. The Morgan fingerprint density at radius 3 is 2.82 bits per heavy atom. The fraction of sp³-hybridized carbons (Fsp3) is 0.360. The van der Waals surface area contributed by atoms with E-state index in [4.69, 9.17) is 15.2 Å². The van der Waals surface area contributed by atoms with E-state index < -0.39 is 42.8 Å². The lowest BCUT2D eigenvalue weighted by atomic mass is 9.77. The molecular weight excluding hydrogens is 521 g/mol. The van der Waals surface area contributed by atoms with Gasteiger partial charge in [-0.1, -0.05) is 6.07 Å². The first-order valence-electron chi connectivity index (χ1n) is 12.0. The van der Waals surface area contributed by atoms with Gasteiger partial charge in [0.05, 0.1) is 23.4 Å². The van der Waals surface area contributed by atoms with Gasteiger partial charge in [-0.2, -0.15) is 23.0 Å². The Labute approximate surface area is 220 Å². The fourth-order valence-corrected chi connectivity index (χ4v) is 4.85. The first-order valence-corrected chi connectivity index (χ1v) is 12.0. The van der Waals surface area contributed by atoms with Crippen LogP contribution in [0, 0.1) is 6.92 Å². The van der Waals surface area contributed by atoms with E-state index in [1.54, 1.807) is 24.4 Å². The summed E-state index contributed by atoms with van der Waals surface area (Å²) in [6.07, 6.45) is -4.09. The van der Waals surface area contributed by atoms with E-state index >= 15 is 0 Å². The van der Waals surface area contributed by atoms with E-state index in [0.29, 0.717) is 34.8 Å². The molecular formula is C25H25F3N6O5. The number of carbonyl (C=O) groups excluding carboxylic acids is 2. The lowest BCUT2D eigenvalue weighted by Gasteiger charge is -2.43. The fourth-order valence-electron chi connectivity index (χ4n) is 4.85. The van der Waals surface area contributed by atoms with Crippen molar-refractivity contribution in [1.82, 2.24) is 20.1 Å². The second-order valence-electron chi connectivity index (χ2n) is 9.47. The highest BCUT2D eigenvalue weighted by Crippen LogP contribution is 2.46. The Hall–Kier alpha value is -4.17. The van der Waals surface area contributed by atoms with Crippen molar-refractivity contribution in [3.63, 3.8) is 0 Å². The summed E-state index contributed by atoms with van der Waals surface area (Å²) >= 11 is 0. The van der Waals surface area contributed by atoms with Crippen molar-refractivity contribution >= 4 is 17.6 Å². The van der Waals surface area contributed by atoms with Crippen molar-refractivity contribution in [1.29, 1.82) is 0 Å². The highest BCUT2D eigenvalue weighted by Gasteiger charge is 2.46. The van der Waals surface area contributed by atoms with Crippen molar-refractivity contribution in [2.24, 2.45) is 5.73 Å². The normalized spacial score (nSPS) is 20.1. The molecule has 2 aliphatic rings. The van der Waals surface area contributed by atoms with E-state index in [1.165, 1.54) is 16.8 Å². The molecule has 206 valence electrons. The molecule has 0 aliphatic carbocycles. The number of fused-ring (bicyclic) bond motifs is 3. The summed E-state index contributed by atoms with van der Waals surface area (Å²) in [7, 11) is 0. The minimum absolute atomic E-state index is 0.00524. The molecule has 0 radical (unpaired) electrons. The molecule has 14 heteroatoms. The number of nitrogens with one attached hydrogen (secondary N) is 2. The molecule has 0 saturated carbocycles. The number of nitrogens with two attached hydrogens (primary N) is 1. The number of aliphatic hydroxyl groups excluding tert-OH is 1. The molecule has 2 atom stereocenters. The van der Waals surface area contributed by atoms with Crippen LogP contribution in [0.25, 0.3) is 5.82 Å². The molecule has 11 nitrogen and oxygen atoms in total. The van der Waals surface area contributed by atoms with Crippen molar-refractivity contribution in [3.05, 3.63) is 58.9 Å². The molecule has 1 unspecified atom stereocenters. The van der Waals surface area contributed by atoms with E-state index in [0.717, 1.165) is 5.56 Å². The lowest BCUT2D eigenvalue weighted by Crippen LogP contribution is -2.52. The maximum Gasteiger partial charge on any atom is 0.422 e. The SMILES string of the molecule is Cc1ccc(-n2nc3c(c2NC(=O)CC(N)=O)C(O)N[C@@]2(CCOc4cc(OCC(F)(F)F)ccc42)C3)nc1. The number of hydrogen-bond donors (Lipinski definition) is 4. The largest absolute Gasteiger partial charge is 0.493 e. The van der Waals surface area contributed by atoms with Gasteiger partial charge in [-0.25, -0.2) is 4.98 Å². The summed E-state index contributed by atoms with van der Waals surface area (Å²) in [4.78, 5) is 28.2. The van der Waals surface area contributed by atoms with Crippen LogP contribution in [0.4, 0.5) is 19.0 Å². The Morgan fingerprint density at radius 2 is 2.13 bits per heavy atom. The standard InChI is InChI=1S/C25H25F3N6O5/c1-13-2-5-19(30-11-13)34-22(31-20(36)9-18(29)35)21-16(33-34)10-24(32-23(21)37)6-7-38-17-8-14(3-4-15(17)24)39-12-25(26,27)28/h2-5,8,11,23,32,37H,6-7,9-10,12H2,1H3,(H2,29,35)(H,31,36)/t23?,24-/m0/s1. The topological polar surface area (TPSA) is 154 Å². The van der Waals surface area contributed by atoms with E-state index in [-0.39, 0.29) is 24.6 Å². The number of nitrogens with zero attached hydrogens (tertiary/aromatic N) is 3. The summed E-state index contributed by atoms with van der Waals surface area (Å²) in [5, 5.41) is 21.8. The molecule has 5 rings (SSSR count). The van der Waals surface area contributed by atoms with Gasteiger partial charge in [-0.05, 0) is 30.7 Å². The number of pyridine rings is 1. The van der Waals surface area contributed by atoms with Gasteiger partial charge in [-0.15, -0.1) is 0 Å². The van der Waals surface area contributed by atoms with E-state index in [1.807, 2.05) is 6.92 Å². The van der Waals surface area contributed by atoms with Crippen LogP contribution in [0.2, 0.25) is 0 Å². The van der Waals surface area contributed by atoms with Crippen molar-refractivity contribution < 1.29 is 37.3 Å². The second kappa shape index (κ2) is 9.85.